The van der Waals surface area contributed by atoms with E-state index in [1.54, 1.807) is 12.1 Å². The van der Waals surface area contributed by atoms with E-state index in [4.69, 9.17) is 4.28 Å². The number of hydroxylamine groups is 2. The van der Waals surface area contributed by atoms with Crippen LogP contribution in [0.15, 0.2) is 29.2 Å². The Labute approximate surface area is 106 Å². The predicted molar refractivity (Wildman–Crippen MR) is 64.5 cm³/mol. The second-order valence-electron chi connectivity index (χ2n) is 3.97. The first-order valence-electron chi connectivity index (χ1n) is 5.30. The van der Waals surface area contributed by atoms with Crippen molar-refractivity contribution in [3.63, 3.8) is 0 Å². The van der Waals surface area contributed by atoms with Crippen LogP contribution in [-0.2, 0) is 13.9 Å². The number of imide groups is 1. The van der Waals surface area contributed by atoms with Crippen LogP contribution in [0, 0.1) is 6.92 Å². The fraction of sp³-hybridized carbons (Fsp3) is 0.273. The number of aryl methyl sites for hydroxylation is 1. The summed E-state index contributed by atoms with van der Waals surface area (Å²) in [6.45, 7) is 1.85. The van der Waals surface area contributed by atoms with Gasteiger partial charge in [-0.2, -0.15) is 4.28 Å². The Bertz CT molecular complexity index is 469. The molecule has 2 rings (SSSR count). The van der Waals surface area contributed by atoms with Gasteiger partial charge in [-0.15, -0.1) is 5.06 Å². The zero-order chi connectivity index (χ0) is 13.3. The molecule has 6 nitrogen and oxygen atoms in total. The fourth-order valence-corrected chi connectivity index (χ4v) is 2.45. The molecule has 1 heterocycles. The number of rotatable bonds is 3. The molecule has 1 aromatic rings. The highest BCUT2D eigenvalue weighted by atomic mass is 32.3. The number of amides is 2. The molecule has 1 aromatic carbocycles. The van der Waals surface area contributed by atoms with Gasteiger partial charge in [-0.05, 0) is 19.1 Å². The standard InChI is InChI=1S/C11H13NO5S/c1-8-2-4-9(5-3-8)18(15,16)17-12-10(13)6-7-11(12)14/h2-5,15-16H,6-7H2,1H3. The van der Waals surface area contributed by atoms with Crippen molar-refractivity contribution >= 4 is 22.7 Å². The lowest BCUT2D eigenvalue weighted by Gasteiger charge is -2.29. The average Bonchev–Trinajstić information content (AvgIpc) is 2.61. The van der Waals surface area contributed by atoms with Crippen molar-refractivity contribution in [1.82, 2.24) is 5.06 Å². The van der Waals surface area contributed by atoms with Crippen LogP contribution in [-0.4, -0.2) is 26.0 Å². The van der Waals surface area contributed by atoms with E-state index >= 15 is 0 Å². The van der Waals surface area contributed by atoms with E-state index in [-0.39, 0.29) is 17.7 Å². The number of hydrogen-bond donors (Lipinski definition) is 2. The highest BCUT2D eigenvalue weighted by molar-refractivity contribution is 8.20. The zero-order valence-electron chi connectivity index (χ0n) is 9.70. The molecule has 0 aliphatic carbocycles. The SMILES string of the molecule is Cc1ccc(S(O)(O)ON2C(=O)CCC2=O)cc1. The smallest absolute Gasteiger partial charge is 0.255 e. The molecule has 0 unspecified atom stereocenters. The first-order chi connectivity index (χ1) is 8.40. The maximum atomic E-state index is 11.3. The fourth-order valence-electron chi connectivity index (χ4n) is 1.50. The van der Waals surface area contributed by atoms with E-state index in [1.807, 2.05) is 6.92 Å². The lowest BCUT2D eigenvalue weighted by Crippen LogP contribution is -2.30. The summed E-state index contributed by atoms with van der Waals surface area (Å²) in [4.78, 5) is 22.8. The summed E-state index contributed by atoms with van der Waals surface area (Å²) in [5.41, 5.74) is 0.947. The zero-order valence-corrected chi connectivity index (χ0v) is 10.5. The molecular weight excluding hydrogens is 258 g/mol. The van der Waals surface area contributed by atoms with Crippen molar-refractivity contribution in [3.8, 4) is 0 Å². The summed E-state index contributed by atoms with van der Waals surface area (Å²) in [6.07, 6.45) is 0.0600. The monoisotopic (exact) mass is 271 g/mol. The maximum Gasteiger partial charge on any atom is 0.255 e. The molecule has 18 heavy (non-hydrogen) atoms. The van der Waals surface area contributed by atoms with E-state index in [2.05, 4.69) is 0 Å². The highest BCUT2D eigenvalue weighted by Gasteiger charge is 2.36. The van der Waals surface area contributed by atoms with Gasteiger partial charge in [0, 0.05) is 12.8 Å². The highest BCUT2D eigenvalue weighted by Crippen LogP contribution is 2.50. The lowest BCUT2D eigenvalue weighted by atomic mass is 10.2. The van der Waals surface area contributed by atoms with E-state index in [9.17, 15) is 18.7 Å². The average molecular weight is 271 g/mol. The number of nitrogens with zero attached hydrogens (tertiary/aromatic N) is 1. The Morgan fingerprint density at radius 1 is 1.11 bits per heavy atom. The van der Waals surface area contributed by atoms with Crippen molar-refractivity contribution in [3.05, 3.63) is 29.8 Å². The summed E-state index contributed by atoms with van der Waals surface area (Å²) in [5, 5.41) is 0.440. The molecule has 7 heteroatoms. The van der Waals surface area contributed by atoms with Gasteiger partial charge >= 0.3 is 0 Å². The van der Waals surface area contributed by atoms with Crippen molar-refractivity contribution < 1.29 is 23.0 Å². The van der Waals surface area contributed by atoms with Crippen molar-refractivity contribution in [1.29, 1.82) is 0 Å². The quantitative estimate of drug-likeness (QED) is 0.822. The van der Waals surface area contributed by atoms with E-state index < -0.39 is 22.7 Å². The largest absolute Gasteiger partial charge is 0.303 e. The summed E-state index contributed by atoms with van der Waals surface area (Å²) in [7, 11) is -3.64. The van der Waals surface area contributed by atoms with Gasteiger partial charge < -0.3 is 9.11 Å². The third-order valence-electron chi connectivity index (χ3n) is 2.51. The van der Waals surface area contributed by atoms with Crippen LogP contribution >= 0.6 is 10.9 Å². The van der Waals surface area contributed by atoms with E-state index in [0.717, 1.165) is 5.56 Å². The van der Waals surface area contributed by atoms with Gasteiger partial charge in [0.2, 0.25) is 0 Å². The number of carbonyl (C=O) groups excluding carboxylic acids is 2. The number of benzene rings is 1. The Kier molecular flexibility index (Phi) is 3.40. The van der Waals surface area contributed by atoms with Crippen LogP contribution in [0.2, 0.25) is 0 Å². The summed E-state index contributed by atoms with van der Waals surface area (Å²) >= 11 is 0. The second kappa shape index (κ2) is 4.69. The van der Waals surface area contributed by atoms with Crippen LogP contribution in [0.1, 0.15) is 18.4 Å². The van der Waals surface area contributed by atoms with Gasteiger partial charge in [0.15, 0.2) is 0 Å². The van der Waals surface area contributed by atoms with Crippen LogP contribution in [0.25, 0.3) is 0 Å². The lowest BCUT2D eigenvalue weighted by molar-refractivity contribution is -0.165. The molecule has 2 N–H and O–H groups in total. The molecule has 1 aliphatic rings. The summed E-state index contributed by atoms with van der Waals surface area (Å²) in [6, 6.07) is 6.33. The molecule has 0 spiro atoms. The Morgan fingerprint density at radius 2 is 1.61 bits per heavy atom. The van der Waals surface area contributed by atoms with Gasteiger partial charge in [-0.25, -0.2) is 0 Å². The molecular formula is C11H13NO5S. The minimum Gasteiger partial charge on any atom is -0.303 e. The van der Waals surface area contributed by atoms with Crippen LogP contribution in [0.5, 0.6) is 0 Å². The predicted octanol–water partition coefficient (Wildman–Crippen LogP) is 2.10. The minimum absolute atomic E-state index is 0.0300. The third kappa shape index (κ3) is 2.54. The Morgan fingerprint density at radius 3 is 2.11 bits per heavy atom. The Balaban J connectivity index is 2.18. The molecule has 0 atom stereocenters. The molecule has 2 amide bonds. The van der Waals surface area contributed by atoms with Crippen molar-refractivity contribution in [2.75, 3.05) is 0 Å². The third-order valence-corrected chi connectivity index (χ3v) is 3.76. The number of carbonyl (C=O) groups is 2. The first kappa shape index (κ1) is 13.0. The molecule has 0 aromatic heterocycles. The van der Waals surface area contributed by atoms with Gasteiger partial charge in [0.05, 0.1) is 4.90 Å². The maximum absolute atomic E-state index is 11.3. The summed E-state index contributed by atoms with van der Waals surface area (Å²) in [5.74, 6) is -1.13. The van der Waals surface area contributed by atoms with Gasteiger partial charge in [0.1, 0.15) is 10.9 Å². The van der Waals surface area contributed by atoms with Gasteiger partial charge in [-0.3, -0.25) is 9.59 Å². The second-order valence-corrected chi connectivity index (χ2v) is 5.58. The van der Waals surface area contributed by atoms with Gasteiger partial charge in [-0.1, -0.05) is 17.7 Å². The number of hydrogen-bond acceptors (Lipinski definition) is 5. The molecule has 1 saturated heterocycles. The van der Waals surface area contributed by atoms with Crippen molar-refractivity contribution in [2.24, 2.45) is 0 Å². The summed E-state index contributed by atoms with van der Waals surface area (Å²) < 4.78 is 24.5. The van der Waals surface area contributed by atoms with E-state index in [1.165, 1.54) is 12.1 Å². The topological polar surface area (TPSA) is 87.1 Å². The van der Waals surface area contributed by atoms with Crippen LogP contribution in [0.3, 0.4) is 0 Å². The molecule has 98 valence electrons. The van der Waals surface area contributed by atoms with Gasteiger partial charge in [0.25, 0.3) is 11.8 Å². The normalized spacial score (nSPS) is 17.4. The molecule has 1 aliphatic heterocycles. The van der Waals surface area contributed by atoms with Crippen LogP contribution < -0.4 is 0 Å². The molecule has 0 saturated carbocycles. The van der Waals surface area contributed by atoms with E-state index in [0.29, 0.717) is 5.06 Å². The Hall–Kier alpha value is -1.41. The molecule has 0 bridgehead atoms. The van der Waals surface area contributed by atoms with Crippen LogP contribution in [0.4, 0.5) is 0 Å². The first-order valence-corrected chi connectivity index (χ1v) is 6.77. The minimum atomic E-state index is -3.64. The molecule has 0 radical (unpaired) electrons. The molecule has 1 fully saturated rings. The van der Waals surface area contributed by atoms with Crippen molar-refractivity contribution in [2.45, 2.75) is 24.7 Å².